The Morgan fingerprint density at radius 3 is 2.60 bits per heavy atom. The Morgan fingerprint density at radius 2 is 1.90 bits per heavy atom. The molecule has 0 atom stereocenters. The molecular formula is C20H21ClN4O4S. The average molecular weight is 449 g/mol. The summed E-state index contributed by atoms with van der Waals surface area (Å²) in [4.78, 5) is 37.5. The van der Waals surface area contributed by atoms with Gasteiger partial charge in [-0.15, -0.1) is 11.3 Å². The van der Waals surface area contributed by atoms with Crippen LogP contribution in [-0.2, 0) is 12.8 Å². The molecule has 0 fully saturated rings. The minimum atomic E-state index is -0.690. The maximum Gasteiger partial charge on any atom is 0.282 e. The Labute approximate surface area is 182 Å². The van der Waals surface area contributed by atoms with Crippen LogP contribution in [0.1, 0.15) is 64.3 Å². The van der Waals surface area contributed by atoms with Crippen LogP contribution in [0.4, 0.5) is 10.7 Å². The molecule has 3 rings (SSSR count). The summed E-state index contributed by atoms with van der Waals surface area (Å²) in [7, 11) is 0. The quantitative estimate of drug-likeness (QED) is 0.291. The van der Waals surface area contributed by atoms with Gasteiger partial charge in [-0.05, 0) is 57.2 Å². The third-order valence-electron chi connectivity index (χ3n) is 4.66. The molecule has 1 heterocycles. The van der Waals surface area contributed by atoms with Crippen molar-refractivity contribution in [2.75, 3.05) is 5.32 Å². The van der Waals surface area contributed by atoms with E-state index in [1.54, 1.807) is 13.8 Å². The van der Waals surface area contributed by atoms with E-state index in [2.05, 4.69) is 15.8 Å². The predicted molar refractivity (Wildman–Crippen MR) is 118 cm³/mol. The van der Waals surface area contributed by atoms with E-state index in [-0.39, 0.29) is 16.3 Å². The number of nitrogens with zero attached hydrogens (tertiary/aromatic N) is 2. The highest BCUT2D eigenvalue weighted by Crippen LogP contribution is 2.38. The normalized spacial score (nSPS) is 13.0. The standard InChI is InChI=1S/C20H21ClN4O4S/c1-11(2)23-24-19(27)17-13-6-4-3-5-7-16(13)30-20(17)22-18(26)14-10-12(21)8-9-15(14)25(28)29/h8-10H,3-7H2,1-2H3,(H,22,26)(H,24,27). The van der Waals surface area contributed by atoms with Gasteiger partial charge in [0, 0.05) is 21.7 Å². The van der Waals surface area contributed by atoms with E-state index < -0.39 is 16.7 Å². The van der Waals surface area contributed by atoms with Crippen molar-refractivity contribution < 1.29 is 14.5 Å². The molecule has 0 saturated heterocycles. The molecule has 0 radical (unpaired) electrons. The Morgan fingerprint density at radius 1 is 1.17 bits per heavy atom. The fourth-order valence-electron chi connectivity index (χ4n) is 3.31. The minimum Gasteiger partial charge on any atom is -0.313 e. The van der Waals surface area contributed by atoms with Crippen LogP contribution in [0.25, 0.3) is 0 Å². The first kappa shape index (κ1) is 21.9. The number of anilines is 1. The van der Waals surface area contributed by atoms with Crippen molar-refractivity contribution in [1.82, 2.24) is 5.43 Å². The van der Waals surface area contributed by atoms with Crippen molar-refractivity contribution in [3.05, 3.63) is 54.9 Å². The Balaban J connectivity index is 2.01. The molecule has 1 aliphatic rings. The summed E-state index contributed by atoms with van der Waals surface area (Å²) in [5.74, 6) is -1.10. The number of amides is 2. The summed E-state index contributed by atoms with van der Waals surface area (Å²) in [5.41, 5.74) is 3.98. The molecule has 0 bridgehead atoms. The maximum atomic E-state index is 12.9. The monoisotopic (exact) mass is 448 g/mol. The van der Waals surface area contributed by atoms with Crippen molar-refractivity contribution in [3.8, 4) is 0 Å². The summed E-state index contributed by atoms with van der Waals surface area (Å²) < 4.78 is 0. The van der Waals surface area contributed by atoms with E-state index in [0.717, 1.165) is 42.5 Å². The fraction of sp³-hybridized carbons (Fsp3) is 0.350. The molecule has 10 heteroatoms. The van der Waals surface area contributed by atoms with Crippen molar-refractivity contribution in [2.24, 2.45) is 5.10 Å². The first-order chi connectivity index (χ1) is 14.3. The smallest absolute Gasteiger partial charge is 0.282 e. The van der Waals surface area contributed by atoms with Gasteiger partial charge >= 0.3 is 0 Å². The largest absolute Gasteiger partial charge is 0.313 e. The second-order valence-corrected chi connectivity index (χ2v) is 8.68. The van der Waals surface area contributed by atoms with Gasteiger partial charge in [0.2, 0.25) is 0 Å². The Hall–Kier alpha value is -2.78. The van der Waals surface area contributed by atoms with Crippen LogP contribution in [-0.4, -0.2) is 22.4 Å². The fourth-order valence-corrected chi connectivity index (χ4v) is 4.76. The third-order valence-corrected chi connectivity index (χ3v) is 6.10. The Kier molecular flexibility index (Phi) is 6.84. The van der Waals surface area contributed by atoms with Crippen molar-refractivity contribution in [2.45, 2.75) is 46.0 Å². The van der Waals surface area contributed by atoms with Crippen LogP contribution in [0.2, 0.25) is 5.02 Å². The summed E-state index contributed by atoms with van der Waals surface area (Å²) in [6, 6.07) is 3.79. The van der Waals surface area contributed by atoms with Gasteiger partial charge in [-0.3, -0.25) is 19.7 Å². The number of benzene rings is 1. The molecular weight excluding hydrogens is 428 g/mol. The SMILES string of the molecule is CC(C)=NNC(=O)c1c(NC(=O)c2cc(Cl)ccc2[N+](=O)[O-])sc2c1CCCCC2. The molecule has 1 aromatic carbocycles. The molecule has 2 amide bonds. The van der Waals surface area contributed by atoms with E-state index in [1.165, 1.54) is 29.5 Å². The zero-order valence-corrected chi connectivity index (χ0v) is 18.2. The molecule has 0 aliphatic heterocycles. The molecule has 30 heavy (non-hydrogen) atoms. The van der Waals surface area contributed by atoms with E-state index in [4.69, 9.17) is 11.6 Å². The number of nitro groups is 1. The van der Waals surface area contributed by atoms with Gasteiger partial charge in [-0.25, -0.2) is 5.43 Å². The predicted octanol–water partition coefficient (Wildman–Crippen LogP) is 4.96. The number of nitro benzene ring substituents is 1. The van der Waals surface area contributed by atoms with E-state index in [0.29, 0.717) is 16.3 Å². The number of hydrogen-bond donors (Lipinski definition) is 2. The minimum absolute atomic E-state index is 0.162. The number of hydrogen-bond acceptors (Lipinski definition) is 6. The molecule has 0 saturated carbocycles. The van der Waals surface area contributed by atoms with Gasteiger partial charge in [0.15, 0.2) is 0 Å². The number of aryl methyl sites for hydroxylation is 1. The topological polar surface area (TPSA) is 114 Å². The number of thiophene rings is 1. The van der Waals surface area contributed by atoms with Gasteiger partial charge in [0.25, 0.3) is 17.5 Å². The lowest BCUT2D eigenvalue weighted by Gasteiger charge is -2.09. The second-order valence-electron chi connectivity index (χ2n) is 7.14. The molecule has 2 N–H and O–H groups in total. The summed E-state index contributed by atoms with van der Waals surface area (Å²) in [5, 5.41) is 18.6. The first-order valence-electron chi connectivity index (χ1n) is 9.49. The number of carbonyl (C=O) groups excluding carboxylic acids is 2. The van der Waals surface area contributed by atoms with Crippen LogP contribution >= 0.6 is 22.9 Å². The van der Waals surface area contributed by atoms with Crippen molar-refractivity contribution in [1.29, 1.82) is 0 Å². The summed E-state index contributed by atoms with van der Waals surface area (Å²) in [6.45, 7) is 3.52. The zero-order valence-electron chi connectivity index (χ0n) is 16.6. The van der Waals surface area contributed by atoms with Gasteiger partial charge in [0.1, 0.15) is 10.6 Å². The number of halogens is 1. The number of rotatable bonds is 5. The van der Waals surface area contributed by atoms with Gasteiger partial charge in [-0.1, -0.05) is 18.0 Å². The highest BCUT2D eigenvalue weighted by Gasteiger charge is 2.28. The molecule has 158 valence electrons. The maximum absolute atomic E-state index is 12.9. The highest BCUT2D eigenvalue weighted by molar-refractivity contribution is 7.17. The van der Waals surface area contributed by atoms with Gasteiger partial charge in [0.05, 0.1) is 10.5 Å². The van der Waals surface area contributed by atoms with Crippen molar-refractivity contribution >= 4 is 51.2 Å². The highest BCUT2D eigenvalue weighted by atomic mass is 35.5. The van der Waals surface area contributed by atoms with Crippen LogP contribution in [0, 0.1) is 10.1 Å². The molecule has 1 aromatic heterocycles. The van der Waals surface area contributed by atoms with Gasteiger partial charge < -0.3 is 5.32 Å². The van der Waals surface area contributed by atoms with Gasteiger partial charge in [-0.2, -0.15) is 5.10 Å². The lowest BCUT2D eigenvalue weighted by molar-refractivity contribution is -0.385. The average Bonchev–Trinajstić information content (AvgIpc) is 2.86. The van der Waals surface area contributed by atoms with Crippen LogP contribution in [0.15, 0.2) is 23.3 Å². The Bertz CT molecular complexity index is 1040. The van der Waals surface area contributed by atoms with E-state index in [9.17, 15) is 19.7 Å². The number of fused-ring (bicyclic) bond motifs is 1. The number of nitrogens with one attached hydrogen (secondary N) is 2. The third kappa shape index (κ3) is 4.85. The zero-order chi connectivity index (χ0) is 21.8. The van der Waals surface area contributed by atoms with Crippen LogP contribution in [0.5, 0.6) is 0 Å². The van der Waals surface area contributed by atoms with E-state index in [1.807, 2.05) is 0 Å². The van der Waals surface area contributed by atoms with E-state index >= 15 is 0 Å². The summed E-state index contributed by atoms with van der Waals surface area (Å²) in [6.07, 6.45) is 4.59. The van der Waals surface area contributed by atoms with Crippen LogP contribution in [0.3, 0.4) is 0 Å². The molecule has 0 spiro atoms. The van der Waals surface area contributed by atoms with Crippen LogP contribution < -0.4 is 10.7 Å². The lowest BCUT2D eigenvalue weighted by atomic mass is 10.0. The molecule has 2 aromatic rings. The molecule has 8 nitrogen and oxygen atoms in total. The first-order valence-corrected chi connectivity index (χ1v) is 10.7. The lowest BCUT2D eigenvalue weighted by Crippen LogP contribution is -2.22. The summed E-state index contributed by atoms with van der Waals surface area (Å²) >= 11 is 7.28. The molecule has 1 aliphatic carbocycles. The second kappa shape index (κ2) is 9.36. The number of carbonyl (C=O) groups is 2. The number of hydrazone groups is 1. The van der Waals surface area contributed by atoms with Crippen molar-refractivity contribution in [3.63, 3.8) is 0 Å². The molecule has 0 unspecified atom stereocenters.